The predicted molar refractivity (Wildman–Crippen MR) is 76.6 cm³/mol. The maximum Gasteiger partial charge on any atom is 0.296 e. The van der Waals surface area contributed by atoms with Gasteiger partial charge in [0.1, 0.15) is 5.82 Å². The molecule has 0 aromatic carbocycles. The Kier molecular flexibility index (Phi) is 5.27. The highest BCUT2D eigenvalue weighted by Gasteiger charge is 2.22. The van der Waals surface area contributed by atoms with Crippen LogP contribution < -0.4 is 0 Å². The van der Waals surface area contributed by atoms with E-state index >= 15 is 0 Å². The van der Waals surface area contributed by atoms with Crippen molar-refractivity contribution in [3.05, 3.63) is 35.9 Å². The summed E-state index contributed by atoms with van der Waals surface area (Å²) >= 11 is 0. The second kappa shape index (κ2) is 6.97. The molecule has 0 spiro atoms. The maximum atomic E-state index is 11.5. The molecule has 7 nitrogen and oxygen atoms in total. The lowest BCUT2D eigenvalue weighted by Crippen LogP contribution is -2.13. The Labute approximate surface area is 127 Å². The number of nitrogens with zero attached hydrogens (tertiary/aromatic N) is 4. The molecule has 2 heterocycles. The van der Waals surface area contributed by atoms with E-state index < -0.39 is 9.05 Å². The number of aromatic nitrogens is 4. The molecule has 114 valence electrons. The molecule has 0 aliphatic rings. The van der Waals surface area contributed by atoms with Gasteiger partial charge in [-0.15, -0.1) is 10.2 Å². The average molecular weight is 331 g/mol. The largest absolute Gasteiger partial charge is 0.383 e. The van der Waals surface area contributed by atoms with Crippen LogP contribution in [0.5, 0.6) is 0 Å². The number of methoxy groups -OCH3 is 1. The second-order valence-corrected chi connectivity index (χ2v) is 6.80. The number of hydrogen-bond donors (Lipinski definition) is 0. The fourth-order valence-electron chi connectivity index (χ4n) is 1.89. The number of halogens is 1. The molecule has 0 saturated carbocycles. The third kappa shape index (κ3) is 4.23. The Balaban J connectivity index is 2.20. The number of ether oxygens (including phenoxy) is 1. The summed E-state index contributed by atoms with van der Waals surface area (Å²) in [6, 6.07) is 3.79. The maximum absolute atomic E-state index is 11.5. The van der Waals surface area contributed by atoms with Gasteiger partial charge in [0.2, 0.25) is 0 Å². The van der Waals surface area contributed by atoms with Crippen molar-refractivity contribution in [3.63, 3.8) is 0 Å². The van der Waals surface area contributed by atoms with Crippen molar-refractivity contribution in [1.29, 1.82) is 0 Å². The van der Waals surface area contributed by atoms with E-state index in [4.69, 9.17) is 15.4 Å². The van der Waals surface area contributed by atoms with Crippen molar-refractivity contribution >= 4 is 19.7 Å². The molecule has 21 heavy (non-hydrogen) atoms. The van der Waals surface area contributed by atoms with Crippen molar-refractivity contribution in [2.24, 2.45) is 0 Å². The van der Waals surface area contributed by atoms with Gasteiger partial charge < -0.3 is 4.74 Å². The molecule has 9 heteroatoms. The summed E-state index contributed by atoms with van der Waals surface area (Å²) in [6.45, 7) is 0.671. The van der Waals surface area contributed by atoms with Gasteiger partial charge in [-0.05, 0) is 18.1 Å². The Morgan fingerprint density at radius 1 is 1.33 bits per heavy atom. The highest BCUT2D eigenvalue weighted by Crippen LogP contribution is 2.15. The predicted octanol–water partition coefficient (Wildman–Crippen LogP) is 1.03. The Hall–Kier alpha value is -1.51. The molecule has 0 N–H and O–H groups in total. The van der Waals surface area contributed by atoms with Crippen LogP contribution in [0.2, 0.25) is 0 Å². The molecule has 0 aliphatic heterocycles. The molecule has 0 aliphatic carbocycles. The van der Waals surface area contributed by atoms with E-state index in [0.29, 0.717) is 31.8 Å². The Bertz CT molecular complexity index is 688. The Morgan fingerprint density at radius 3 is 2.76 bits per heavy atom. The van der Waals surface area contributed by atoms with E-state index in [0.717, 1.165) is 5.56 Å². The zero-order chi connectivity index (χ0) is 15.3. The van der Waals surface area contributed by atoms with Crippen LogP contribution in [-0.2, 0) is 33.2 Å². The van der Waals surface area contributed by atoms with E-state index in [1.54, 1.807) is 12.4 Å². The SMILES string of the molecule is COCCn1c(CCc2cccnc2)nnc1S(=O)(=O)Cl. The van der Waals surface area contributed by atoms with Crippen LogP contribution in [0.1, 0.15) is 11.4 Å². The van der Waals surface area contributed by atoms with Crippen molar-refractivity contribution < 1.29 is 13.2 Å². The summed E-state index contributed by atoms with van der Waals surface area (Å²) in [5, 5.41) is 7.35. The zero-order valence-electron chi connectivity index (χ0n) is 11.4. The molecule has 0 bridgehead atoms. The molecule has 0 atom stereocenters. The fraction of sp³-hybridized carbons (Fsp3) is 0.417. The minimum Gasteiger partial charge on any atom is -0.383 e. The van der Waals surface area contributed by atoms with E-state index in [9.17, 15) is 8.42 Å². The highest BCUT2D eigenvalue weighted by molar-refractivity contribution is 8.13. The van der Waals surface area contributed by atoms with Gasteiger partial charge in [0.25, 0.3) is 14.2 Å². The van der Waals surface area contributed by atoms with Gasteiger partial charge in [-0.3, -0.25) is 9.55 Å². The first-order valence-electron chi connectivity index (χ1n) is 6.27. The van der Waals surface area contributed by atoms with Gasteiger partial charge in [0, 0.05) is 43.2 Å². The molecular weight excluding hydrogens is 316 g/mol. The molecule has 2 aromatic heterocycles. The fourth-order valence-corrected chi connectivity index (χ4v) is 2.83. The highest BCUT2D eigenvalue weighted by atomic mass is 35.7. The number of aryl methyl sites for hydroxylation is 2. The third-order valence-corrected chi connectivity index (χ3v) is 4.04. The first kappa shape index (κ1) is 15.9. The molecule has 0 saturated heterocycles. The van der Waals surface area contributed by atoms with Gasteiger partial charge in [0.05, 0.1) is 6.61 Å². The van der Waals surface area contributed by atoms with E-state index in [-0.39, 0.29) is 5.16 Å². The van der Waals surface area contributed by atoms with Crippen LogP contribution in [0.4, 0.5) is 0 Å². The van der Waals surface area contributed by atoms with E-state index in [1.165, 1.54) is 11.7 Å². The average Bonchev–Trinajstić information content (AvgIpc) is 2.87. The van der Waals surface area contributed by atoms with Crippen molar-refractivity contribution in [2.75, 3.05) is 13.7 Å². The van der Waals surface area contributed by atoms with E-state index in [2.05, 4.69) is 15.2 Å². The van der Waals surface area contributed by atoms with Crippen molar-refractivity contribution in [2.45, 2.75) is 24.5 Å². The van der Waals surface area contributed by atoms with Crippen LogP contribution >= 0.6 is 10.7 Å². The summed E-state index contributed by atoms with van der Waals surface area (Å²) in [5.41, 5.74) is 1.04. The van der Waals surface area contributed by atoms with Crippen LogP contribution in [0.3, 0.4) is 0 Å². The lowest BCUT2D eigenvalue weighted by atomic mass is 10.1. The lowest BCUT2D eigenvalue weighted by Gasteiger charge is -2.08. The lowest BCUT2D eigenvalue weighted by molar-refractivity contribution is 0.183. The third-order valence-electron chi connectivity index (χ3n) is 2.89. The van der Waals surface area contributed by atoms with Gasteiger partial charge >= 0.3 is 0 Å². The summed E-state index contributed by atoms with van der Waals surface area (Å²) < 4.78 is 29.4. The van der Waals surface area contributed by atoms with Crippen LogP contribution in [0.15, 0.2) is 29.7 Å². The van der Waals surface area contributed by atoms with Crippen LogP contribution in [0, 0.1) is 0 Å². The summed E-state index contributed by atoms with van der Waals surface area (Å²) in [4.78, 5) is 4.03. The van der Waals surface area contributed by atoms with Gasteiger partial charge in [-0.25, -0.2) is 8.42 Å². The van der Waals surface area contributed by atoms with Gasteiger partial charge in [-0.1, -0.05) is 6.07 Å². The smallest absolute Gasteiger partial charge is 0.296 e. The second-order valence-electron chi connectivity index (χ2n) is 4.34. The van der Waals surface area contributed by atoms with Gasteiger partial charge in [0.15, 0.2) is 0 Å². The number of rotatable bonds is 7. The first-order chi connectivity index (χ1) is 10.0. The molecule has 0 radical (unpaired) electrons. The number of hydrogen-bond acceptors (Lipinski definition) is 6. The minimum atomic E-state index is -3.93. The summed E-state index contributed by atoms with van der Waals surface area (Å²) in [6.07, 6.45) is 4.67. The van der Waals surface area contributed by atoms with Crippen LogP contribution in [0.25, 0.3) is 0 Å². The van der Waals surface area contributed by atoms with Gasteiger partial charge in [-0.2, -0.15) is 0 Å². The van der Waals surface area contributed by atoms with E-state index in [1.807, 2.05) is 12.1 Å². The zero-order valence-corrected chi connectivity index (χ0v) is 13.0. The molecular formula is C12H15ClN4O3S. The summed E-state index contributed by atoms with van der Waals surface area (Å²) in [7, 11) is 2.98. The number of pyridine rings is 1. The molecule has 0 unspecified atom stereocenters. The molecule has 0 amide bonds. The van der Waals surface area contributed by atoms with Crippen molar-refractivity contribution in [1.82, 2.24) is 19.7 Å². The Morgan fingerprint density at radius 2 is 2.14 bits per heavy atom. The van der Waals surface area contributed by atoms with Crippen molar-refractivity contribution in [3.8, 4) is 0 Å². The summed E-state index contributed by atoms with van der Waals surface area (Å²) in [5.74, 6) is 0.551. The quantitative estimate of drug-likeness (QED) is 0.705. The molecule has 2 rings (SSSR count). The first-order valence-corrected chi connectivity index (χ1v) is 8.58. The normalized spacial score (nSPS) is 11.7. The molecule has 0 fully saturated rings. The topological polar surface area (TPSA) is 87.0 Å². The minimum absolute atomic E-state index is 0.248. The van der Waals surface area contributed by atoms with Crippen LogP contribution in [-0.4, -0.2) is 41.9 Å². The standard InChI is InChI=1S/C12H15ClN4O3S/c1-20-8-7-17-11(15-16-12(17)21(13,18)19)5-4-10-3-2-6-14-9-10/h2-3,6,9H,4-5,7-8H2,1H3. The molecule has 2 aromatic rings. The monoisotopic (exact) mass is 330 g/mol.